The summed E-state index contributed by atoms with van der Waals surface area (Å²) >= 11 is 5.68. The lowest BCUT2D eigenvalue weighted by Crippen LogP contribution is -2.33. The number of carbonyl (C=O) groups excluding carboxylic acids is 1. The SMILES string of the molecule is O=C(Nc1ccc(Cl)cc1F)C1Cc2ccccc2N1. The van der Waals surface area contributed by atoms with E-state index >= 15 is 0 Å². The van der Waals surface area contributed by atoms with Gasteiger partial charge in [-0.15, -0.1) is 0 Å². The van der Waals surface area contributed by atoms with E-state index in [0.717, 1.165) is 11.3 Å². The van der Waals surface area contributed by atoms with E-state index in [1.54, 1.807) is 0 Å². The Morgan fingerprint density at radius 3 is 2.85 bits per heavy atom. The Morgan fingerprint density at radius 1 is 1.30 bits per heavy atom. The van der Waals surface area contributed by atoms with E-state index in [2.05, 4.69) is 10.6 Å². The normalized spacial score (nSPS) is 16.4. The molecule has 2 aromatic carbocycles. The fourth-order valence-corrected chi connectivity index (χ4v) is 2.43. The lowest BCUT2D eigenvalue weighted by Gasteiger charge is -2.12. The number of benzene rings is 2. The van der Waals surface area contributed by atoms with Gasteiger partial charge >= 0.3 is 0 Å². The van der Waals surface area contributed by atoms with E-state index in [-0.39, 0.29) is 17.6 Å². The molecule has 20 heavy (non-hydrogen) atoms. The average Bonchev–Trinajstić information content (AvgIpc) is 2.86. The highest BCUT2D eigenvalue weighted by molar-refractivity contribution is 6.30. The molecule has 0 radical (unpaired) electrons. The van der Waals surface area contributed by atoms with Gasteiger partial charge in [0.05, 0.1) is 5.69 Å². The van der Waals surface area contributed by atoms with Gasteiger partial charge in [0.2, 0.25) is 5.91 Å². The summed E-state index contributed by atoms with van der Waals surface area (Å²) in [6.45, 7) is 0. The summed E-state index contributed by atoms with van der Waals surface area (Å²) in [7, 11) is 0. The van der Waals surface area contributed by atoms with Crippen LogP contribution in [0.15, 0.2) is 42.5 Å². The van der Waals surface area contributed by atoms with Crippen molar-refractivity contribution in [3.05, 3.63) is 58.9 Å². The van der Waals surface area contributed by atoms with Crippen LogP contribution >= 0.6 is 11.6 Å². The summed E-state index contributed by atoms with van der Waals surface area (Å²) in [6.07, 6.45) is 0.594. The highest BCUT2D eigenvalue weighted by atomic mass is 35.5. The third kappa shape index (κ3) is 2.47. The lowest BCUT2D eigenvalue weighted by molar-refractivity contribution is -0.116. The lowest BCUT2D eigenvalue weighted by atomic mass is 10.1. The van der Waals surface area contributed by atoms with E-state index in [4.69, 9.17) is 11.6 Å². The number of amides is 1. The maximum absolute atomic E-state index is 13.6. The van der Waals surface area contributed by atoms with Crippen LogP contribution in [0.1, 0.15) is 5.56 Å². The van der Waals surface area contributed by atoms with Gasteiger partial charge in [-0.2, -0.15) is 0 Å². The number of halogens is 2. The predicted molar refractivity (Wildman–Crippen MR) is 77.6 cm³/mol. The monoisotopic (exact) mass is 290 g/mol. The third-order valence-electron chi connectivity index (χ3n) is 3.28. The Hall–Kier alpha value is -2.07. The van der Waals surface area contributed by atoms with E-state index in [0.29, 0.717) is 11.4 Å². The van der Waals surface area contributed by atoms with Gasteiger partial charge in [0, 0.05) is 17.1 Å². The van der Waals surface area contributed by atoms with Crippen LogP contribution in [-0.4, -0.2) is 11.9 Å². The molecular formula is C15H12ClFN2O. The molecule has 1 aliphatic rings. The second-order valence-corrected chi connectivity index (χ2v) is 5.11. The number of hydrogen-bond acceptors (Lipinski definition) is 2. The van der Waals surface area contributed by atoms with Gasteiger partial charge in [0.15, 0.2) is 0 Å². The van der Waals surface area contributed by atoms with Crippen LogP contribution in [0.2, 0.25) is 5.02 Å². The van der Waals surface area contributed by atoms with Gasteiger partial charge in [-0.25, -0.2) is 4.39 Å². The molecule has 0 saturated heterocycles. The van der Waals surface area contributed by atoms with Crippen molar-refractivity contribution in [3.8, 4) is 0 Å². The number of anilines is 2. The van der Waals surface area contributed by atoms with E-state index < -0.39 is 5.82 Å². The molecular weight excluding hydrogens is 279 g/mol. The summed E-state index contributed by atoms with van der Waals surface area (Å²) in [4.78, 5) is 12.1. The number of para-hydroxylation sites is 1. The highest BCUT2D eigenvalue weighted by Gasteiger charge is 2.26. The second kappa shape index (κ2) is 5.13. The summed E-state index contributed by atoms with van der Waals surface area (Å²) in [6, 6.07) is 11.5. The van der Waals surface area contributed by atoms with Gasteiger partial charge in [-0.1, -0.05) is 29.8 Å². The first-order chi connectivity index (χ1) is 9.63. The van der Waals surface area contributed by atoms with Crippen molar-refractivity contribution in [1.29, 1.82) is 0 Å². The fraction of sp³-hybridized carbons (Fsp3) is 0.133. The molecule has 102 valence electrons. The largest absolute Gasteiger partial charge is 0.373 e. The van der Waals surface area contributed by atoms with Gasteiger partial charge < -0.3 is 10.6 Å². The topological polar surface area (TPSA) is 41.1 Å². The van der Waals surface area contributed by atoms with Gasteiger partial charge in [0.25, 0.3) is 0 Å². The molecule has 0 saturated carbocycles. The van der Waals surface area contributed by atoms with Gasteiger partial charge in [0.1, 0.15) is 11.9 Å². The number of fused-ring (bicyclic) bond motifs is 1. The third-order valence-corrected chi connectivity index (χ3v) is 3.51. The first-order valence-corrected chi connectivity index (χ1v) is 6.61. The molecule has 1 heterocycles. The van der Waals surface area contributed by atoms with Gasteiger partial charge in [-0.05, 0) is 29.8 Å². The van der Waals surface area contributed by atoms with Crippen LogP contribution in [0.25, 0.3) is 0 Å². The Morgan fingerprint density at radius 2 is 2.10 bits per heavy atom. The Bertz CT molecular complexity index is 650. The molecule has 0 aliphatic carbocycles. The highest BCUT2D eigenvalue weighted by Crippen LogP contribution is 2.26. The predicted octanol–water partition coefficient (Wildman–Crippen LogP) is 3.45. The van der Waals surface area contributed by atoms with Crippen LogP contribution in [0, 0.1) is 5.82 Å². The van der Waals surface area contributed by atoms with Crippen LogP contribution in [0.4, 0.5) is 15.8 Å². The molecule has 2 aromatic rings. The quantitative estimate of drug-likeness (QED) is 0.889. The smallest absolute Gasteiger partial charge is 0.247 e. The molecule has 3 rings (SSSR count). The molecule has 0 bridgehead atoms. The van der Waals surface area contributed by atoms with Gasteiger partial charge in [-0.3, -0.25) is 4.79 Å². The fourth-order valence-electron chi connectivity index (χ4n) is 2.27. The second-order valence-electron chi connectivity index (χ2n) is 4.67. The average molecular weight is 291 g/mol. The van der Waals surface area contributed by atoms with E-state index in [9.17, 15) is 9.18 Å². The Kier molecular flexibility index (Phi) is 3.32. The zero-order valence-corrected chi connectivity index (χ0v) is 11.2. The Balaban J connectivity index is 1.72. The van der Waals surface area contributed by atoms with E-state index in [1.807, 2.05) is 24.3 Å². The molecule has 0 aromatic heterocycles. The minimum atomic E-state index is -0.540. The summed E-state index contributed by atoms with van der Waals surface area (Å²) in [5.41, 5.74) is 2.17. The van der Waals surface area contributed by atoms with Crippen molar-refractivity contribution in [2.45, 2.75) is 12.5 Å². The number of hydrogen-bond donors (Lipinski definition) is 2. The molecule has 1 atom stereocenters. The summed E-state index contributed by atoms with van der Waals surface area (Å²) in [5, 5.41) is 6.00. The Labute approximate surface area is 120 Å². The van der Waals surface area contributed by atoms with Crippen molar-refractivity contribution in [2.24, 2.45) is 0 Å². The zero-order valence-electron chi connectivity index (χ0n) is 10.5. The number of carbonyl (C=O) groups is 1. The van der Waals surface area contributed by atoms with Crippen molar-refractivity contribution >= 4 is 28.9 Å². The molecule has 1 aliphatic heterocycles. The molecule has 5 heteroatoms. The number of nitrogens with one attached hydrogen (secondary N) is 2. The molecule has 2 N–H and O–H groups in total. The minimum absolute atomic E-state index is 0.136. The van der Waals surface area contributed by atoms with Crippen LogP contribution in [0.5, 0.6) is 0 Å². The molecule has 0 spiro atoms. The maximum Gasteiger partial charge on any atom is 0.247 e. The summed E-state index contributed by atoms with van der Waals surface area (Å²) < 4.78 is 13.6. The zero-order chi connectivity index (χ0) is 14.1. The van der Waals surface area contributed by atoms with Crippen molar-refractivity contribution < 1.29 is 9.18 Å². The molecule has 1 unspecified atom stereocenters. The van der Waals surface area contributed by atoms with Crippen molar-refractivity contribution in [3.63, 3.8) is 0 Å². The standard InChI is InChI=1S/C15H12ClFN2O/c16-10-5-6-13(11(17)8-10)19-15(20)14-7-9-3-1-2-4-12(9)18-14/h1-6,8,14,18H,7H2,(H,19,20). The molecule has 0 fully saturated rings. The van der Waals surface area contributed by atoms with Crippen LogP contribution in [0.3, 0.4) is 0 Å². The van der Waals surface area contributed by atoms with E-state index in [1.165, 1.54) is 18.2 Å². The maximum atomic E-state index is 13.6. The van der Waals surface area contributed by atoms with Crippen molar-refractivity contribution in [2.75, 3.05) is 10.6 Å². The number of rotatable bonds is 2. The molecule has 3 nitrogen and oxygen atoms in total. The first kappa shape index (κ1) is 12.9. The minimum Gasteiger partial charge on any atom is -0.373 e. The van der Waals surface area contributed by atoms with Crippen LogP contribution in [-0.2, 0) is 11.2 Å². The van der Waals surface area contributed by atoms with Crippen molar-refractivity contribution in [1.82, 2.24) is 0 Å². The summed E-state index contributed by atoms with van der Waals surface area (Å²) in [5.74, 6) is -0.802. The first-order valence-electron chi connectivity index (χ1n) is 6.24. The molecule has 1 amide bonds. The van der Waals surface area contributed by atoms with Crippen LogP contribution < -0.4 is 10.6 Å².